The van der Waals surface area contributed by atoms with Gasteiger partial charge >= 0.3 is 0 Å². The van der Waals surface area contributed by atoms with Crippen molar-refractivity contribution >= 4 is 10.0 Å². The second kappa shape index (κ2) is 6.94. The number of nitrogens with one attached hydrogen (secondary N) is 1. The maximum Gasteiger partial charge on any atom is 0.244 e. The largest absolute Gasteiger partial charge is 0.352 e. The lowest BCUT2D eigenvalue weighted by atomic mass is 10.1. The van der Waals surface area contributed by atoms with Crippen LogP contribution in [-0.4, -0.2) is 37.4 Å². The number of aryl methyl sites for hydroxylation is 1. The molecule has 2 rings (SSSR count). The molecule has 0 amide bonds. The van der Waals surface area contributed by atoms with E-state index in [2.05, 4.69) is 5.32 Å². The molecule has 120 valence electrons. The molecule has 0 unspecified atom stereocenters. The van der Waals surface area contributed by atoms with Crippen molar-refractivity contribution in [3.05, 3.63) is 18.0 Å². The molecule has 0 saturated heterocycles. The Kier molecular flexibility index (Phi) is 5.46. The van der Waals surface area contributed by atoms with Crippen molar-refractivity contribution in [3.63, 3.8) is 0 Å². The van der Waals surface area contributed by atoms with E-state index in [-0.39, 0.29) is 6.04 Å². The van der Waals surface area contributed by atoms with Gasteiger partial charge in [0.05, 0.1) is 0 Å². The minimum atomic E-state index is -3.39. The van der Waals surface area contributed by atoms with Gasteiger partial charge in [-0.25, -0.2) is 8.42 Å². The molecule has 1 heterocycles. The van der Waals surface area contributed by atoms with E-state index >= 15 is 0 Å². The molecule has 1 aromatic rings. The molecule has 0 aromatic carbocycles. The van der Waals surface area contributed by atoms with Crippen molar-refractivity contribution in [2.75, 3.05) is 14.1 Å². The first-order valence-electron chi connectivity index (χ1n) is 7.74. The third kappa shape index (κ3) is 3.67. The summed E-state index contributed by atoms with van der Waals surface area (Å²) in [5.74, 6) is 0. The van der Waals surface area contributed by atoms with Crippen LogP contribution in [0, 0.1) is 0 Å². The lowest BCUT2D eigenvalue weighted by Crippen LogP contribution is -2.36. The fourth-order valence-electron chi connectivity index (χ4n) is 3.06. The summed E-state index contributed by atoms with van der Waals surface area (Å²) in [6.45, 7) is 0.666. The summed E-state index contributed by atoms with van der Waals surface area (Å²) in [5.41, 5.74) is 0.977. The SMILES string of the molecule is CNCc1cc(S(=O)(=O)N(C)C2CCCCCC2)cn1C. The summed E-state index contributed by atoms with van der Waals surface area (Å²) < 4.78 is 29.1. The molecule has 6 heteroatoms. The first-order chi connectivity index (χ1) is 9.96. The van der Waals surface area contributed by atoms with Crippen LogP contribution in [0.2, 0.25) is 0 Å². The molecule has 1 fully saturated rings. The fraction of sp³-hybridized carbons (Fsp3) is 0.733. The van der Waals surface area contributed by atoms with E-state index in [0.717, 1.165) is 31.4 Å². The third-order valence-electron chi connectivity index (χ3n) is 4.46. The van der Waals surface area contributed by atoms with E-state index in [1.807, 2.05) is 18.7 Å². The zero-order chi connectivity index (χ0) is 15.5. The molecular weight excluding hydrogens is 286 g/mol. The number of hydrogen-bond acceptors (Lipinski definition) is 3. The van der Waals surface area contributed by atoms with Crippen LogP contribution < -0.4 is 5.32 Å². The number of hydrogen-bond donors (Lipinski definition) is 1. The van der Waals surface area contributed by atoms with E-state index < -0.39 is 10.0 Å². The van der Waals surface area contributed by atoms with Crippen LogP contribution >= 0.6 is 0 Å². The number of nitrogens with zero attached hydrogens (tertiary/aromatic N) is 2. The Morgan fingerprint density at radius 1 is 1.29 bits per heavy atom. The van der Waals surface area contributed by atoms with Crippen molar-refractivity contribution in [1.82, 2.24) is 14.2 Å². The Balaban J connectivity index is 2.21. The molecule has 1 N–H and O–H groups in total. The summed E-state index contributed by atoms with van der Waals surface area (Å²) in [4.78, 5) is 0.405. The van der Waals surface area contributed by atoms with Crippen LogP contribution in [0.4, 0.5) is 0 Å². The summed E-state index contributed by atoms with van der Waals surface area (Å²) in [6.07, 6.45) is 8.38. The highest BCUT2D eigenvalue weighted by molar-refractivity contribution is 7.89. The molecule has 21 heavy (non-hydrogen) atoms. The highest BCUT2D eigenvalue weighted by atomic mass is 32.2. The second-order valence-corrected chi connectivity index (χ2v) is 7.97. The van der Waals surface area contributed by atoms with Crippen LogP contribution in [0.5, 0.6) is 0 Å². The van der Waals surface area contributed by atoms with Crippen molar-refractivity contribution < 1.29 is 8.42 Å². The van der Waals surface area contributed by atoms with Crippen molar-refractivity contribution in [2.24, 2.45) is 7.05 Å². The van der Waals surface area contributed by atoms with Crippen LogP contribution in [0.1, 0.15) is 44.2 Å². The fourth-order valence-corrected chi connectivity index (χ4v) is 4.57. The lowest BCUT2D eigenvalue weighted by molar-refractivity contribution is 0.335. The van der Waals surface area contributed by atoms with Gasteiger partial charge in [0.15, 0.2) is 0 Å². The molecule has 0 atom stereocenters. The molecule has 0 spiro atoms. The van der Waals surface area contributed by atoms with E-state index in [9.17, 15) is 8.42 Å². The van der Waals surface area contributed by atoms with E-state index in [4.69, 9.17) is 0 Å². The van der Waals surface area contributed by atoms with Gasteiger partial charge in [0.25, 0.3) is 0 Å². The number of rotatable bonds is 5. The Labute approximate surface area is 128 Å². The van der Waals surface area contributed by atoms with Crippen molar-refractivity contribution in [1.29, 1.82) is 0 Å². The van der Waals surface area contributed by atoms with Crippen LogP contribution in [-0.2, 0) is 23.6 Å². The minimum absolute atomic E-state index is 0.144. The number of aromatic nitrogens is 1. The summed E-state index contributed by atoms with van der Waals surface area (Å²) in [6, 6.07) is 1.92. The topological polar surface area (TPSA) is 54.3 Å². The summed E-state index contributed by atoms with van der Waals surface area (Å²) in [7, 11) is 2.09. The van der Waals surface area contributed by atoms with E-state index in [0.29, 0.717) is 11.4 Å². The molecule has 1 aliphatic carbocycles. The van der Waals surface area contributed by atoms with E-state index in [1.165, 1.54) is 12.8 Å². The van der Waals surface area contributed by atoms with Crippen LogP contribution in [0.15, 0.2) is 17.2 Å². The molecule has 1 aliphatic rings. The van der Waals surface area contributed by atoms with Gasteiger partial charge in [0, 0.05) is 38.6 Å². The molecule has 0 bridgehead atoms. The van der Waals surface area contributed by atoms with Gasteiger partial charge in [0.2, 0.25) is 10.0 Å². The highest BCUT2D eigenvalue weighted by Gasteiger charge is 2.29. The monoisotopic (exact) mass is 313 g/mol. The molecular formula is C15H27N3O2S. The standard InChI is InChI=1S/C15H27N3O2S/c1-16-11-14-10-15(12-17(14)2)21(19,20)18(3)13-8-6-4-5-7-9-13/h10,12-13,16H,4-9,11H2,1-3H3. The summed E-state index contributed by atoms with van der Waals surface area (Å²) >= 11 is 0. The lowest BCUT2D eigenvalue weighted by Gasteiger charge is -2.25. The van der Waals surface area contributed by atoms with Gasteiger partial charge < -0.3 is 9.88 Å². The van der Waals surface area contributed by atoms with Gasteiger partial charge in [-0.2, -0.15) is 4.31 Å². The number of sulfonamides is 1. The Morgan fingerprint density at radius 2 is 1.90 bits per heavy atom. The smallest absolute Gasteiger partial charge is 0.244 e. The Morgan fingerprint density at radius 3 is 2.48 bits per heavy atom. The molecule has 1 saturated carbocycles. The second-order valence-electron chi connectivity index (χ2n) is 5.98. The van der Waals surface area contributed by atoms with Gasteiger partial charge in [-0.1, -0.05) is 25.7 Å². The average Bonchev–Trinajstić information content (AvgIpc) is 2.68. The maximum absolute atomic E-state index is 12.8. The predicted molar refractivity (Wildman–Crippen MR) is 84.6 cm³/mol. The minimum Gasteiger partial charge on any atom is -0.352 e. The van der Waals surface area contributed by atoms with Gasteiger partial charge in [0.1, 0.15) is 4.90 Å². The first kappa shape index (κ1) is 16.5. The molecule has 0 radical (unpaired) electrons. The predicted octanol–water partition coefficient (Wildman–Crippen LogP) is 2.09. The third-order valence-corrected chi connectivity index (χ3v) is 6.33. The van der Waals surface area contributed by atoms with Crippen LogP contribution in [0.3, 0.4) is 0 Å². The van der Waals surface area contributed by atoms with Crippen molar-refractivity contribution in [2.45, 2.75) is 56.0 Å². The molecule has 1 aromatic heterocycles. The van der Waals surface area contributed by atoms with Gasteiger partial charge in [-0.15, -0.1) is 0 Å². The van der Waals surface area contributed by atoms with Gasteiger partial charge in [-0.05, 0) is 26.0 Å². The summed E-state index contributed by atoms with van der Waals surface area (Å²) in [5, 5.41) is 3.06. The van der Waals surface area contributed by atoms with Crippen molar-refractivity contribution in [3.8, 4) is 0 Å². The average molecular weight is 313 g/mol. The highest BCUT2D eigenvalue weighted by Crippen LogP contribution is 2.26. The Hall–Kier alpha value is -0.850. The first-order valence-corrected chi connectivity index (χ1v) is 9.18. The van der Waals surface area contributed by atoms with E-state index in [1.54, 1.807) is 23.6 Å². The van der Waals surface area contributed by atoms with Gasteiger partial charge in [-0.3, -0.25) is 0 Å². The molecule has 0 aliphatic heterocycles. The maximum atomic E-state index is 12.8. The Bertz CT molecular complexity index is 557. The zero-order valence-corrected chi connectivity index (χ0v) is 14.1. The quantitative estimate of drug-likeness (QED) is 0.847. The zero-order valence-electron chi connectivity index (χ0n) is 13.3. The normalized spacial score (nSPS) is 18.1. The molecule has 5 nitrogen and oxygen atoms in total. The van der Waals surface area contributed by atoms with Crippen LogP contribution in [0.25, 0.3) is 0 Å².